The van der Waals surface area contributed by atoms with Crippen molar-refractivity contribution >= 4 is 21.6 Å². The molecule has 0 saturated carbocycles. The Kier molecular flexibility index (Phi) is 7.10. The van der Waals surface area contributed by atoms with Crippen LogP contribution < -0.4 is 15.2 Å². The number of hydrogen-bond donors (Lipinski definition) is 2. The highest BCUT2D eigenvalue weighted by Gasteiger charge is 2.34. The van der Waals surface area contributed by atoms with Gasteiger partial charge in [-0.1, -0.05) is 18.2 Å². The van der Waals surface area contributed by atoms with Gasteiger partial charge in [0.1, 0.15) is 16.5 Å². The number of amides is 1. The number of aryl methyl sites for hydroxylation is 2. The van der Waals surface area contributed by atoms with Crippen molar-refractivity contribution in [2.75, 3.05) is 11.8 Å². The Hall–Kier alpha value is -3.67. The van der Waals surface area contributed by atoms with Crippen LogP contribution in [0.4, 0.5) is 23.2 Å². The molecule has 0 spiro atoms. The maximum atomic E-state index is 13.9. The number of sulfonamides is 1. The Labute approximate surface area is 192 Å². The molecule has 0 aliphatic carbocycles. The number of methoxy groups -OCH3 is 1. The van der Waals surface area contributed by atoms with Gasteiger partial charge in [0, 0.05) is 6.07 Å². The van der Waals surface area contributed by atoms with Gasteiger partial charge in [-0.3, -0.25) is 14.5 Å². The average Bonchev–Trinajstić information content (AvgIpc) is 2.76. The summed E-state index contributed by atoms with van der Waals surface area (Å²) in [6.07, 6.45) is -2.26. The van der Waals surface area contributed by atoms with Crippen LogP contribution in [-0.4, -0.2) is 26.4 Å². The first-order valence-corrected chi connectivity index (χ1v) is 11.2. The van der Waals surface area contributed by atoms with Gasteiger partial charge in [-0.15, -0.1) is 0 Å². The molecule has 0 radical (unpaired) electrons. The molecule has 34 heavy (non-hydrogen) atoms. The summed E-state index contributed by atoms with van der Waals surface area (Å²) in [6.45, 7) is 0. The molecule has 3 aromatic rings. The quantitative estimate of drug-likeness (QED) is 0.458. The van der Waals surface area contributed by atoms with E-state index in [9.17, 15) is 30.8 Å². The lowest BCUT2D eigenvalue weighted by Gasteiger charge is -2.16. The van der Waals surface area contributed by atoms with E-state index in [-0.39, 0.29) is 41.0 Å². The van der Waals surface area contributed by atoms with Crippen LogP contribution in [0.15, 0.2) is 59.8 Å². The van der Waals surface area contributed by atoms with E-state index in [1.807, 2.05) is 0 Å². The van der Waals surface area contributed by atoms with Crippen molar-refractivity contribution in [1.82, 2.24) is 4.98 Å². The summed E-state index contributed by atoms with van der Waals surface area (Å²) in [4.78, 5) is 15.4. The summed E-state index contributed by atoms with van der Waals surface area (Å²) in [7, 11) is -2.98. The molecule has 7 nitrogen and oxygen atoms in total. The molecule has 0 saturated heterocycles. The van der Waals surface area contributed by atoms with Crippen molar-refractivity contribution in [3.8, 4) is 5.75 Å². The molecular formula is C22H19F4N3O4S. The van der Waals surface area contributed by atoms with Crippen molar-refractivity contribution in [2.24, 2.45) is 5.73 Å². The van der Waals surface area contributed by atoms with Crippen molar-refractivity contribution in [3.05, 3.63) is 82.9 Å². The number of rotatable bonds is 8. The summed E-state index contributed by atoms with van der Waals surface area (Å²) in [5, 5.41) is 0. The van der Waals surface area contributed by atoms with Gasteiger partial charge in [0.15, 0.2) is 0 Å². The highest BCUT2D eigenvalue weighted by atomic mass is 32.2. The second kappa shape index (κ2) is 9.67. The van der Waals surface area contributed by atoms with E-state index in [0.717, 1.165) is 12.1 Å². The third-order valence-corrected chi connectivity index (χ3v) is 6.38. The van der Waals surface area contributed by atoms with Crippen LogP contribution in [0.25, 0.3) is 0 Å². The number of pyridine rings is 1. The molecule has 0 fully saturated rings. The van der Waals surface area contributed by atoms with Gasteiger partial charge in [-0.2, -0.15) is 13.2 Å². The summed E-state index contributed by atoms with van der Waals surface area (Å²) >= 11 is 0. The monoisotopic (exact) mass is 497 g/mol. The number of ether oxygens (including phenoxy) is 1. The van der Waals surface area contributed by atoms with E-state index in [2.05, 4.69) is 9.71 Å². The number of alkyl halides is 3. The summed E-state index contributed by atoms with van der Waals surface area (Å²) < 4.78 is 86.0. The second-order valence-corrected chi connectivity index (χ2v) is 8.81. The number of carbonyl (C=O) groups is 1. The van der Waals surface area contributed by atoms with Gasteiger partial charge < -0.3 is 10.5 Å². The largest absolute Gasteiger partial charge is 0.495 e. The first-order valence-electron chi connectivity index (χ1n) is 9.71. The molecule has 0 unspecified atom stereocenters. The Balaban J connectivity index is 1.96. The standard InChI is InChI=1S/C22H19F4N3O4S/c1-33-16-10-15(11-28-12-16)29-34(31,32)20-14(3-2-4-17(20)21(27)30)7-5-13-6-8-18(19(23)9-13)22(24,25)26/h2-4,6,8-12,29H,5,7H2,1H3,(H2,27,30). The lowest BCUT2D eigenvalue weighted by molar-refractivity contribution is -0.140. The number of anilines is 1. The molecule has 12 heteroatoms. The van der Waals surface area contributed by atoms with Gasteiger partial charge in [-0.25, -0.2) is 12.8 Å². The van der Waals surface area contributed by atoms with Crippen LogP contribution >= 0.6 is 0 Å². The van der Waals surface area contributed by atoms with Crippen molar-refractivity contribution in [3.63, 3.8) is 0 Å². The molecule has 1 amide bonds. The number of nitrogens with one attached hydrogen (secondary N) is 1. The zero-order valence-electron chi connectivity index (χ0n) is 17.7. The van der Waals surface area contributed by atoms with E-state index in [1.54, 1.807) is 0 Å². The van der Waals surface area contributed by atoms with Gasteiger partial charge in [0.2, 0.25) is 5.91 Å². The normalized spacial score (nSPS) is 11.8. The predicted molar refractivity (Wildman–Crippen MR) is 115 cm³/mol. The Bertz CT molecular complexity index is 1330. The molecule has 0 aliphatic heterocycles. The number of halogens is 4. The van der Waals surface area contributed by atoms with Gasteiger partial charge in [0.05, 0.1) is 36.3 Å². The smallest absolute Gasteiger partial charge is 0.419 e. The fourth-order valence-corrected chi connectivity index (χ4v) is 4.81. The third-order valence-electron chi connectivity index (χ3n) is 4.85. The first kappa shape index (κ1) is 25.0. The number of primary amides is 1. The lowest BCUT2D eigenvalue weighted by atomic mass is 10.0. The summed E-state index contributed by atoms with van der Waals surface area (Å²) in [5.74, 6) is -2.14. The molecule has 1 heterocycles. The number of benzene rings is 2. The molecular weight excluding hydrogens is 478 g/mol. The third kappa shape index (κ3) is 5.63. The topological polar surface area (TPSA) is 111 Å². The number of aromatic nitrogens is 1. The number of carbonyl (C=O) groups excluding carboxylic acids is 1. The highest BCUT2D eigenvalue weighted by molar-refractivity contribution is 7.92. The molecule has 2 aromatic carbocycles. The molecule has 3 N–H and O–H groups in total. The van der Waals surface area contributed by atoms with Crippen LogP contribution in [0.5, 0.6) is 5.75 Å². The maximum absolute atomic E-state index is 13.9. The minimum atomic E-state index is -4.83. The van der Waals surface area contributed by atoms with Crippen molar-refractivity contribution in [1.29, 1.82) is 0 Å². The van der Waals surface area contributed by atoms with Gasteiger partial charge in [-0.05, 0) is 42.2 Å². The SMILES string of the molecule is COc1cncc(NS(=O)(=O)c2c(CCc3ccc(C(F)(F)F)c(F)c3)cccc2C(N)=O)c1. The fourth-order valence-electron chi connectivity index (χ4n) is 3.31. The van der Waals surface area contributed by atoms with E-state index >= 15 is 0 Å². The summed E-state index contributed by atoms with van der Waals surface area (Å²) in [5.41, 5.74) is 4.15. The Morgan fingerprint density at radius 3 is 2.47 bits per heavy atom. The van der Waals surface area contributed by atoms with Crippen LogP contribution in [0.3, 0.4) is 0 Å². The molecule has 1 aromatic heterocycles. The van der Waals surface area contributed by atoms with Crippen LogP contribution in [0.2, 0.25) is 0 Å². The second-order valence-electron chi connectivity index (χ2n) is 7.19. The van der Waals surface area contributed by atoms with E-state index in [4.69, 9.17) is 10.5 Å². The minimum absolute atomic E-state index is 0.000504. The van der Waals surface area contributed by atoms with E-state index < -0.39 is 38.4 Å². The van der Waals surface area contributed by atoms with Gasteiger partial charge in [0.25, 0.3) is 10.0 Å². The van der Waals surface area contributed by atoms with Crippen LogP contribution in [-0.2, 0) is 29.0 Å². The maximum Gasteiger partial charge on any atom is 0.419 e. The molecule has 0 bridgehead atoms. The van der Waals surface area contributed by atoms with Crippen molar-refractivity contribution in [2.45, 2.75) is 23.9 Å². The zero-order chi connectivity index (χ0) is 25.1. The van der Waals surface area contributed by atoms with E-state index in [0.29, 0.717) is 6.07 Å². The molecule has 180 valence electrons. The fraction of sp³-hybridized carbons (Fsp3) is 0.182. The molecule has 0 aliphatic rings. The minimum Gasteiger partial charge on any atom is -0.495 e. The first-order chi connectivity index (χ1) is 15.9. The van der Waals surface area contributed by atoms with Gasteiger partial charge >= 0.3 is 6.18 Å². The molecule has 3 rings (SSSR count). The number of nitrogens with two attached hydrogens (primary N) is 1. The summed E-state index contributed by atoms with van der Waals surface area (Å²) in [6, 6.07) is 7.96. The number of nitrogens with zero attached hydrogens (tertiary/aromatic N) is 1. The number of hydrogen-bond acceptors (Lipinski definition) is 5. The lowest BCUT2D eigenvalue weighted by Crippen LogP contribution is -2.22. The molecule has 0 atom stereocenters. The Morgan fingerprint density at radius 1 is 1.12 bits per heavy atom. The van der Waals surface area contributed by atoms with Crippen molar-refractivity contribution < 1.29 is 35.5 Å². The zero-order valence-corrected chi connectivity index (χ0v) is 18.5. The average molecular weight is 497 g/mol. The highest BCUT2D eigenvalue weighted by Crippen LogP contribution is 2.32. The van der Waals surface area contributed by atoms with Crippen LogP contribution in [0.1, 0.15) is 27.0 Å². The Morgan fingerprint density at radius 2 is 1.85 bits per heavy atom. The van der Waals surface area contributed by atoms with Crippen LogP contribution in [0, 0.1) is 5.82 Å². The predicted octanol–water partition coefficient (Wildman–Crippen LogP) is 3.93. The van der Waals surface area contributed by atoms with E-state index in [1.165, 1.54) is 43.8 Å².